The van der Waals surface area contributed by atoms with Crippen molar-refractivity contribution in [3.05, 3.63) is 109 Å². The van der Waals surface area contributed by atoms with Crippen LogP contribution in [0.5, 0.6) is 0 Å². The van der Waals surface area contributed by atoms with Crippen LogP contribution >= 0.6 is 0 Å². The van der Waals surface area contributed by atoms with E-state index in [1.165, 1.54) is 70.6 Å². The molecule has 0 N–H and O–H groups in total. The number of carbonyl (C=O) groups excluding carboxylic acids is 3. The summed E-state index contributed by atoms with van der Waals surface area (Å²) in [4.78, 5) is 38.1. The minimum atomic E-state index is -0.800. The first-order valence-corrected chi connectivity index (χ1v) is 27.9. The van der Waals surface area contributed by atoms with Crippen LogP contribution in [0.2, 0.25) is 0 Å². The van der Waals surface area contributed by atoms with Gasteiger partial charge in [-0.3, -0.25) is 14.4 Å². The van der Waals surface area contributed by atoms with Crippen molar-refractivity contribution in [2.45, 2.75) is 252 Å². The van der Waals surface area contributed by atoms with E-state index in [4.69, 9.17) is 14.2 Å². The SMILES string of the molecule is CC/C=C\C/C=C\C/C=C\C/C=C\C/C=C\CCCCCC(=O)OCC(COC(=O)CCCCCCCCCCCCCC)OC(=O)CCCCCCCC/C=C\C/C=C\C/C=C\C/C=C\CC. The quantitative estimate of drug-likeness (QED) is 0.0262. The Bertz CT molecular complexity index is 1410. The molecule has 0 aliphatic heterocycles. The number of rotatable bonds is 49. The van der Waals surface area contributed by atoms with Crippen molar-refractivity contribution in [3.63, 3.8) is 0 Å². The van der Waals surface area contributed by atoms with Crippen molar-refractivity contribution in [3.8, 4) is 0 Å². The molecule has 1 unspecified atom stereocenters. The van der Waals surface area contributed by atoms with Crippen molar-refractivity contribution < 1.29 is 28.6 Å². The number of carbonyl (C=O) groups is 3. The molecule has 0 aromatic rings. The van der Waals surface area contributed by atoms with E-state index in [1.54, 1.807) is 0 Å². The molecule has 6 nitrogen and oxygen atoms in total. The maximum Gasteiger partial charge on any atom is 0.306 e. The summed E-state index contributed by atoms with van der Waals surface area (Å²) in [6.07, 6.45) is 75.0. The first-order valence-electron chi connectivity index (χ1n) is 27.9. The van der Waals surface area contributed by atoms with Crippen molar-refractivity contribution in [2.75, 3.05) is 13.2 Å². The van der Waals surface area contributed by atoms with Gasteiger partial charge >= 0.3 is 17.9 Å². The highest BCUT2D eigenvalue weighted by Crippen LogP contribution is 2.14. The topological polar surface area (TPSA) is 78.9 Å². The number of hydrogen-bond acceptors (Lipinski definition) is 6. The van der Waals surface area contributed by atoms with E-state index < -0.39 is 6.10 Å². The van der Waals surface area contributed by atoms with Gasteiger partial charge in [-0.15, -0.1) is 0 Å². The minimum absolute atomic E-state index is 0.0946. The van der Waals surface area contributed by atoms with E-state index in [0.29, 0.717) is 19.3 Å². The van der Waals surface area contributed by atoms with Gasteiger partial charge in [0.1, 0.15) is 13.2 Å². The summed E-state index contributed by atoms with van der Waals surface area (Å²) in [7, 11) is 0. The normalized spacial score (nSPS) is 12.9. The van der Waals surface area contributed by atoms with Gasteiger partial charge in [0.05, 0.1) is 0 Å². The third-order valence-corrected chi connectivity index (χ3v) is 11.5. The highest BCUT2D eigenvalue weighted by molar-refractivity contribution is 5.71. The van der Waals surface area contributed by atoms with Crippen molar-refractivity contribution in [1.82, 2.24) is 0 Å². The number of allylic oxidation sites excluding steroid dienone is 18. The van der Waals surface area contributed by atoms with Crippen LogP contribution in [0.15, 0.2) is 109 Å². The van der Waals surface area contributed by atoms with Gasteiger partial charge in [0.15, 0.2) is 6.10 Å². The molecule has 0 spiro atoms. The Labute approximate surface area is 419 Å². The molecule has 0 bridgehead atoms. The van der Waals surface area contributed by atoms with Crippen LogP contribution in [0.1, 0.15) is 245 Å². The molecule has 0 saturated heterocycles. The maximum absolute atomic E-state index is 12.8. The van der Waals surface area contributed by atoms with Crippen molar-refractivity contribution >= 4 is 17.9 Å². The summed E-state index contributed by atoms with van der Waals surface area (Å²) in [6.45, 7) is 6.37. The van der Waals surface area contributed by atoms with Crippen LogP contribution in [0.4, 0.5) is 0 Å². The molecule has 0 aromatic heterocycles. The van der Waals surface area contributed by atoms with Gasteiger partial charge in [-0.2, -0.15) is 0 Å². The molecule has 0 amide bonds. The van der Waals surface area contributed by atoms with E-state index in [-0.39, 0.29) is 31.1 Å². The summed E-state index contributed by atoms with van der Waals surface area (Å²) >= 11 is 0. The van der Waals surface area contributed by atoms with Gasteiger partial charge in [0.25, 0.3) is 0 Å². The van der Waals surface area contributed by atoms with E-state index in [0.717, 1.165) is 135 Å². The van der Waals surface area contributed by atoms with Crippen LogP contribution in [-0.4, -0.2) is 37.2 Å². The fourth-order valence-corrected chi connectivity index (χ4v) is 7.40. The second kappa shape index (κ2) is 55.7. The maximum atomic E-state index is 12.8. The zero-order valence-corrected chi connectivity index (χ0v) is 44.1. The Hall–Kier alpha value is -3.93. The highest BCUT2D eigenvalue weighted by Gasteiger charge is 2.19. The molecule has 0 aliphatic carbocycles. The first-order chi connectivity index (χ1) is 33.5. The third-order valence-electron chi connectivity index (χ3n) is 11.5. The summed E-state index contributed by atoms with van der Waals surface area (Å²) in [6, 6.07) is 0. The second-order valence-electron chi connectivity index (χ2n) is 18.1. The molecule has 1 atom stereocenters. The second-order valence-corrected chi connectivity index (χ2v) is 18.1. The molecule has 0 saturated carbocycles. The lowest BCUT2D eigenvalue weighted by atomic mass is 10.0. The average Bonchev–Trinajstić information content (AvgIpc) is 3.34. The lowest BCUT2D eigenvalue weighted by Crippen LogP contribution is -2.30. The average molecular weight is 943 g/mol. The smallest absolute Gasteiger partial charge is 0.306 e. The molecule has 0 rings (SSSR count). The number of unbranched alkanes of at least 4 members (excludes halogenated alkanes) is 20. The Morgan fingerprint density at radius 1 is 0.309 bits per heavy atom. The number of hydrogen-bond donors (Lipinski definition) is 0. The largest absolute Gasteiger partial charge is 0.462 e. The Balaban J connectivity index is 4.47. The fraction of sp³-hybridized carbons (Fsp3) is 0.661. The fourth-order valence-electron chi connectivity index (χ4n) is 7.40. The van der Waals surface area contributed by atoms with Gasteiger partial charge in [-0.1, -0.05) is 233 Å². The number of esters is 3. The van der Waals surface area contributed by atoms with E-state index in [1.807, 2.05) is 0 Å². The molecule has 0 aliphatic rings. The Morgan fingerprint density at radius 3 is 0.912 bits per heavy atom. The van der Waals surface area contributed by atoms with Crippen LogP contribution in [-0.2, 0) is 28.6 Å². The molecule has 0 heterocycles. The van der Waals surface area contributed by atoms with Crippen LogP contribution in [0.25, 0.3) is 0 Å². The highest BCUT2D eigenvalue weighted by atomic mass is 16.6. The zero-order chi connectivity index (χ0) is 49.3. The molecule has 0 radical (unpaired) electrons. The monoisotopic (exact) mass is 943 g/mol. The lowest BCUT2D eigenvalue weighted by molar-refractivity contribution is -0.167. The number of ether oxygens (including phenoxy) is 3. The summed E-state index contributed by atoms with van der Waals surface area (Å²) in [5, 5.41) is 0. The van der Waals surface area contributed by atoms with Crippen LogP contribution in [0, 0.1) is 0 Å². The molecular formula is C62H102O6. The van der Waals surface area contributed by atoms with Gasteiger partial charge in [-0.25, -0.2) is 0 Å². The molecule has 0 aromatic carbocycles. The van der Waals surface area contributed by atoms with Crippen LogP contribution < -0.4 is 0 Å². The lowest BCUT2D eigenvalue weighted by Gasteiger charge is -2.18. The first kappa shape index (κ1) is 64.1. The van der Waals surface area contributed by atoms with E-state index in [2.05, 4.69) is 130 Å². The zero-order valence-electron chi connectivity index (χ0n) is 44.1. The van der Waals surface area contributed by atoms with Gasteiger partial charge in [0.2, 0.25) is 0 Å². The molecule has 6 heteroatoms. The minimum Gasteiger partial charge on any atom is -0.462 e. The van der Waals surface area contributed by atoms with Crippen LogP contribution in [0.3, 0.4) is 0 Å². The molecule has 68 heavy (non-hydrogen) atoms. The predicted molar refractivity (Wildman–Crippen MR) is 293 cm³/mol. The van der Waals surface area contributed by atoms with E-state index in [9.17, 15) is 14.4 Å². The van der Waals surface area contributed by atoms with Gasteiger partial charge in [0, 0.05) is 19.3 Å². The standard InChI is InChI=1S/C62H102O6/c1-4-7-10-13-16-19-22-25-27-29-31-33-35-37-40-43-46-49-52-55-61(64)67-58-59(57-66-60(63)54-51-48-45-42-39-24-21-18-15-12-9-6-3)68-62(65)56-53-50-47-44-41-38-36-34-32-30-28-26-23-20-17-14-11-8-5-2/h7-8,10-11,16-17,19-20,25-28,31-34,37,40,59H,4-6,9,12-15,18,21-24,29-30,35-36,38-39,41-58H2,1-3H3/b10-7-,11-8-,19-16-,20-17-,27-25-,28-26-,33-31-,34-32-,40-37-. The van der Waals surface area contributed by atoms with Gasteiger partial charge in [-0.05, 0) is 103 Å². The van der Waals surface area contributed by atoms with E-state index >= 15 is 0 Å². The van der Waals surface area contributed by atoms with Gasteiger partial charge < -0.3 is 14.2 Å². The third kappa shape index (κ3) is 53.0. The Morgan fingerprint density at radius 2 is 0.574 bits per heavy atom. The summed E-state index contributed by atoms with van der Waals surface area (Å²) < 4.78 is 16.8. The Kier molecular flexibility index (Phi) is 52.4. The van der Waals surface area contributed by atoms with Crippen molar-refractivity contribution in [1.29, 1.82) is 0 Å². The molecule has 0 fully saturated rings. The molecule has 386 valence electrons. The summed E-state index contributed by atoms with van der Waals surface area (Å²) in [5.41, 5.74) is 0. The summed E-state index contributed by atoms with van der Waals surface area (Å²) in [5.74, 6) is -0.942. The molecular weight excluding hydrogens is 841 g/mol. The van der Waals surface area contributed by atoms with Crippen molar-refractivity contribution in [2.24, 2.45) is 0 Å². The predicted octanol–water partition coefficient (Wildman–Crippen LogP) is 18.7.